The van der Waals surface area contributed by atoms with Crippen molar-refractivity contribution in [3.63, 3.8) is 0 Å². The minimum absolute atomic E-state index is 0.265. The van der Waals surface area contributed by atoms with Gasteiger partial charge in [0.1, 0.15) is 0 Å². The number of carbonyl (C=O) groups excluding carboxylic acids is 2. The molecule has 0 aromatic heterocycles. The minimum atomic E-state index is -2.08. The highest BCUT2D eigenvalue weighted by Gasteiger charge is 2.40. The van der Waals surface area contributed by atoms with Crippen molar-refractivity contribution in [3.05, 3.63) is 69.7 Å². The summed E-state index contributed by atoms with van der Waals surface area (Å²) in [5.41, 5.74) is 3.26. The van der Waals surface area contributed by atoms with Gasteiger partial charge in [-0.2, -0.15) is 0 Å². The van der Waals surface area contributed by atoms with Gasteiger partial charge in [0.25, 0.3) is 11.8 Å². The van der Waals surface area contributed by atoms with E-state index < -0.39 is 11.5 Å². The summed E-state index contributed by atoms with van der Waals surface area (Å²) in [7, 11) is 0. The van der Waals surface area contributed by atoms with Gasteiger partial charge in [0.15, 0.2) is 11.6 Å². The number of amides is 2. The van der Waals surface area contributed by atoms with Crippen LogP contribution < -0.4 is 15.8 Å². The van der Waals surface area contributed by atoms with Gasteiger partial charge in [-0.05, 0) is 56.2 Å². The molecule has 0 aliphatic carbocycles. The molecule has 2 atom stereocenters. The monoisotopic (exact) mass is 438 g/mol. The Hall–Kier alpha value is -2.12. The molecular weight excluding hydrogens is 413 g/mol. The first-order chi connectivity index (χ1) is 13.7. The first-order valence-electron chi connectivity index (χ1n) is 9.43. The molecule has 2 aromatic rings. The molecule has 2 aromatic carbocycles. The summed E-state index contributed by atoms with van der Waals surface area (Å²) >= 11 is 12.0. The van der Waals surface area contributed by atoms with Crippen LogP contribution >= 0.6 is 23.2 Å². The van der Waals surface area contributed by atoms with Crippen molar-refractivity contribution in [2.45, 2.75) is 32.4 Å². The van der Waals surface area contributed by atoms with Crippen LogP contribution in [0.4, 0.5) is 0 Å². The normalized spacial score (nSPS) is 14.2. The van der Waals surface area contributed by atoms with E-state index in [1.807, 2.05) is 13.8 Å². The molecule has 0 saturated carbocycles. The van der Waals surface area contributed by atoms with Crippen molar-refractivity contribution >= 4 is 35.0 Å². The van der Waals surface area contributed by atoms with E-state index in [1.165, 1.54) is 6.07 Å². The summed E-state index contributed by atoms with van der Waals surface area (Å²) in [6.45, 7) is 7.30. The Kier molecular flexibility index (Phi) is 8.05. The van der Waals surface area contributed by atoms with Crippen LogP contribution in [0.1, 0.15) is 31.9 Å². The third kappa shape index (κ3) is 5.28. The number of hydrazine groups is 1. The number of rotatable bonds is 7. The number of carbonyl (C=O) groups is 2. The smallest absolute Gasteiger partial charge is 0.296 e. The van der Waals surface area contributed by atoms with Gasteiger partial charge < -0.3 is 10.0 Å². The molecule has 156 valence electrons. The summed E-state index contributed by atoms with van der Waals surface area (Å²) < 4.78 is 0. The first kappa shape index (κ1) is 23.2. The lowest BCUT2D eigenvalue weighted by Crippen LogP contribution is -3.16. The van der Waals surface area contributed by atoms with Crippen molar-refractivity contribution < 1.29 is 19.6 Å². The number of hydrogen-bond donors (Lipinski definition) is 4. The van der Waals surface area contributed by atoms with Gasteiger partial charge in [0.05, 0.1) is 13.1 Å². The fraction of sp³-hybridized carbons (Fsp3) is 0.333. The molecule has 0 fully saturated rings. The van der Waals surface area contributed by atoms with Crippen LogP contribution in [0.5, 0.6) is 0 Å². The van der Waals surface area contributed by atoms with Crippen LogP contribution in [0.15, 0.2) is 48.5 Å². The third-order valence-electron chi connectivity index (χ3n) is 5.05. The van der Waals surface area contributed by atoms with E-state index in [0.29, 0.717) is 15.6 Å². The van der Waals surface area contributed by atoms with Gasteiger partial charge in [-0.3, -0.25) is 20.4 Å². The first-order valence-corrected chi connectivity index (χ1v) is 10.2. The number of benzene rings is 2. The zero-order chi connectivity index (χ0) is 21.6. The number of likely N-dealkylation sites (N-methyl/N-ethyl adjacent to an activating group) is 1. The second-order valence-corrected chi connectivity index (χ2v) is 7.63. The maximum atomic E-state index is 13.0. The fourth-order valence-electron chi connectivity index (χ4n) is 3.20. The lowest BCUT2D eigenvalue weighted by atomic mass is 9.85. The van der Waals surface area contributed by atoms with Gasteiger partial charge in [0.2, 0.25) is 0 Å². The van der Waals surface area contributed by atoms with E-state index >= 15 is 0 Å². The summed E-state index contributed by atoms with van der Waals surface area (Å²) in [6, 6.07) is 12.2. The van der Waals surface area contributed by atoms with E-state index in [1.54, 1.807) is 49.4 Å². The SMILES string of the molecule is CC[NH+](CC)[C@@H](C)C(=O)NNC(=O)[C@](O)(c1ccc(Cl)cc1)c1cccc(Cl)c1. The molecule has 6 nitrogen and oxygen atoms in total. The molecule has 0 bridgehead atoms. The van der Waals surface area contributed by atoms with Crippen LogP contribution in [0, 0.1) is 0 Å². The number of hydrogen-bond acceptors (Lipinski definition) is 3. The highest BCUT2D eigenvalue weighted by Crippen LogP contribution is 2.32. The number of aliphatic hydroxyl groups is 1. The molecule has 2 amide bonds. The molecule has 0 unspecified atom stereocenters. The lowest BCUT2D eigenvalue weighted by molar-refractivity contribution is -0.910. The maximum Gasteiger partial charge on any atom is 0.296 e. The molecule has 2 rings (SSSR count). The van der Waals surface area contributed by atoms with Gasteiger partial charge in [-0.1, -0.05) is 47.5 Å². The minimum Gasteiger partial charge on any atom is -0.372 e. The molecule has 4 N–H and O–H groups in total. The van der Waals surface area contributed by atoms with Crippen molar-refractivity contribution in [1.82, 2.24) is 10.9 Å². The third-order valence-corrected chi connectivity index (χ3v) is 5.53. The number of quaternary nitrogens is 1. The van der Waals surface area contributed by atoms with Crippen LogP contribution in [-0.4, -0.2) is 36.1 Å². The van der Waals surface area contributed by atoms with Gasteiger partial charge in [-0.15, -0.1) is 0 Å². The molecule has 8 heteroatoms. The number of nitrogens with one attached hydrogen (secondary N) is 3. The van der Waals surface area contributed by atoms with Gasteiger partial charge in [-0.25, -0.2) is 0 Å². The van der Waals surface area contributed by atoms with E-state index in [2.05, 4.69) is 10.9 Å². The second-order valence-electron chi connectivity index (χ2n) is 6.76. The molecule has 29 heavy (non-hydrogen) atoms. The summed E-state index contributed by atoms with van der Waals surface area (Å²) in [4.78, 5) is 26.5. The van der Waals surface area contributed by atoms with Crippen LogP contribution in [0.2, 0.25) is 10.0 Å². The van der Waals surface area contributed by atoms with Crippen LogP contribution in [-0.2, 0) is 15.2 Å². The van der Waals surface area contributed by atoms with E-state index in [-0.39, 0.29) is 17.5 Å². The Morgan fingerprint density at radius 1 is 1.00 bits per heavy atom. The fourth-order valence-corrected chi connectivity index (χ4v) is 3.51. The molecule has 0 heterocycles. The average Bonchev–Trinajstić information content (AvgIpc) is 2.72. The highest BCUT2D eigenvalue weighted by molar-refractivity contribution is 6.31. The van der Waals surface area contributed by atoms with Gasteiger partial charge in [0, 0.05) is 10.0 Å². The molecule has 0 radical (unpaired) electrons. The number of halogens is 2. The standard InChI is InChI=1S/C21H25Cl2N3O3/c1-4-26(5-2)14(3)19(27)24-25-20(28)21(29,15-9-11-17(22)12-10-15)16-7-6-8-18(23)13-16/h6-14,29H,4-5H2,1-3H3,(H,24,27)(H,25,28)/p+1/t14-,21-/m0/s1. The Morgan fingerprint density at radius 2 is 1.62 bits per heavy atom. The summed E-state index contributed by atoms with van der Waals surface area (Å²) in [6.07, 6.45) is 0. The molecule has 0 spiro atoms. The highest BCUT2D eigenvalue weighted by atomic mass is 35.5. The zero-order valence-corrected chi connectivity index (χ0v) is 18.1. The Balaban J connectivity index is 2.31. The predicted octanol–water partition coefficient (Wildman–Crippen LogP) is 1.69. The van der Waals surface area contributed by atoms with E-state index in [0.717, 1.165) is 18.0 Å². The predicted molar refractivity (Wildman–Crippen MR) is 114 cm³/mol. The Labute approximate surface area is 180 Å². The van der Waals surface area contributed by atoms with Crippen molar-refractivity contribution in [2.24, 2.45) is 0 Å². The van der Waals surface area contributed by atoms with Crippen molar-refractivity contribution in [1.29, 1.82) is 0 Å². The molecular formula is C21H26Cl2N3O3+. The summed E-state index contributed by atoms with van der Waals surface area (Å²) in [5, 5.41) is 12.3. The van der Waals surface area contributed by atoms with Crippen molar-refractivity contribution in [3.8, 4) is 0 Å². The molecule has 0 aliphatic heterocycles. The topological polar surface area (TPSA) is 82.9 Å². The van der Waals surface area contributed by atoms with Crippen molar-refractivity contribution in [2.75, 3.05) is 13.1 Å². The van der Waals surface area contributed by atoms with Crippen LogP contribution in [0.25, 0.3) is 0 Å². The zero-order valence-electron chi connectivity index (χ0n) is 16.6. The van der Waals surface area contributed by atoms with Gasteiger partial charge >= 0.3 is 0 Å². The Morgan fingerprint density at radius 3 is 2.17 bits per heavy atom. The largest absolute Gasteiger partial charge is 0.372 e. The summed E-state index contributed by atoms with van der Waals surface area (Å²) in [5.74, 6) is -1.15. The molecule has 0 aliphatic rings. The van der Waals surface area contributed by atoms with E-state index in [4.69, 9.17) is 23.2 Å². The second kappa shape index (κ2) is 10.1. The quantitative estimate of drug-likeness (QED) is 0.496. The van der Waals surface area contributed by atoms with Crippen LogP contribution in [0.3, 0.4) is 0 Å². The maximum absolute atomic E-state index is 13.0. The van der Waals surface area contributed by atoms with E-state index in [9.17, 15) is 14.7 Å². The lowest BCUT2D eigenvalue weighted by Gasteiger charge is -2.29. The molecule has 0 saturated heterocycles. The Bertz CT molecular complexity index is 857. The average molecular weight is 439 g/mol.